The number of carbonyl (C=O) groups excluding carboxylic acids is 2. The molecule has 0 bridgehead atoms. The Morgan fingerprint density at radius 2 is 1.12 bits per heavy atom. The van der Waals surface area contributed by atoms with Gasteiger partial charge in [-0.1, -0.05) is 0 Å². The Morgan fingerprint density at radius 3 is 1.48 bits per heavy atom. The van der Waals surface area contributed by atoms with Gasteiger partial charge in [-0.15, -0.1) is 0 Å². The van der Waals surface area contributed by atoms with E-state index < -0.39 is 0 Å². The van der Waals surface area contributed by atoms with Gasteiger partial charge in [0.05, 0.1) is 13.1 Å². The number of ketones is 2. The molecule has 25 heavy (non-hydrogen) atoms. The van der Waals surface area contributed by atoms with Crippen LogP contribution in [0.3, 0.4) is 0 Å². The van der Waals surface area contributed by atoms with Crippen LogP contribution in [-0.4, -0.2) is 116 Å². The molecule has 0 aliphatic carbocycles. The monoisotopic (exact) mass is 347 g/mol. The van der Waals surface area contributed by atoms with Gasteiger partial charge in [0.25, 0.3) is 0 Å². The molecule has 0 amide bonds. The second-order valence-electron chi connectivity index (χ2n) is 7.29. The van der Waals surface area contributed by atoms with E-state index in [0.717, 1.165) is 52.4 Å². The van der Waals surface area contributed by atoms with Gasteiger partial charge in [-0.25, -0.2) is 0 Å². The summed E-state index contributed by atoms with van der Waals surface area (Å²) in [4.78, 5) is 37.2. The molecule has 1 aromatic heterocycles. The maximum Gasteiger partial charge on any atom is 0.179 e. The molecule has 0 aromatic carbocycles. The molecule has 138 valence electrons. The summed E-state index contributed by atoms with van der Waals surface area (Å²) in [6.45, 7) is 8.31. The zero-order valence-corrected chi connectivity index (χ0v) is 15.3. The molecule has 0 radical (unpaired) electrons. The first kappa shape index (κ1) is 18.3. The van der Waals surface area contributed by atoms with Crippen LogP contribution in [0, 0.1) is 0 Å². The number of hydrogen-bond acceptors (Lipinski definition) is 6. The van der Waals surface area contributed by atoms with Gasteiger partial charge < -0.3 is 14.8 Å². The predicted octanol–water partition coefficient (Wildman–Crippen LogP) is -0.125. The highest BCUT2D eigenvalue weighted by Gasteiger charge is 2.24. The lowest BCUT2D eigenvalue weighted by atomic mass is 10.0. The van der Waals surface area contributed by atoms with E-state index in [4.69, 9.17) is 0 Å². The summed E-state index contributed by atoms with van der Waals surface area (Å²) in [6.07, 6.45) is 3.35. The summed E-state index contributed by atoms with van der Waals surface area (Å²) in [7, 11) is 4.20. The topological polar surface area (TPSA) is 62.9 Å². The molecule has 7 nitrogen and oxygen atoms in total. The van der Waals surface area contributed by atoms with Crippen molar-refractivity contribution in [2.75, 3.05) is 79.5 Å². The van der Waals surface area contributed by atoms with Crippen LogP contribution in [0.15, 0.2) is 12.4 Å². The third-order valence-electron chi connectivity index (χ3n) is 5.27. The van der Waals surface area contributed by atoms with Crippen LogP contribution in [0.2, 0.25) is 0 Å². The summed E-state index contributed by atoms with van der Waals surface area (Å²) in [6, 6.07) is 0. The Labute approximate surface area is 149 Å². The van der Waals surface area contributed by atoms with Crippen LogP contribution in [0.5, 0.6) is 0 Å². The van der Waals surface area contributed by atoms with Crippen molar-refractivity contribution in [2.45, 2.75) is 0 Å². The van der Waals surface area contributed by atoms with Crippen molar-refractivity contribution in [3.8, 4) is 0 Å². The van der Waals surface area contributed by atoms with Crippen molar-refractivity contribution in [1.82, 2.24) is 24.6 Å². The largest absolute Gasteiger partial charge is 0.366 e. The number of likely N-dealkylation sites (N-methyl/N-ethyl adjacent to an activating group) is 2. The van der Waals surface area contributed by atoms with Crippen molar-refractivity contribution in [2.24, 2.45) is 0 Å². The zero-order chi connectivity index (χ0) is 17.8. The number of piperazine rings is 2. The van der Waals surface area contributed by atoms with Gasteiger partial charge in [-0.2, -0.15) is 0 Å². The van der Waals surface area contributed by atoms with E-state index in [-0.39, 0.29) is 11.6 Å². The number of nitrogens with one attached hydrogen (secondary N) is 1. The minimum absolute atomic E-state index is 0.0348. The first-order valence-electron chi connectivity index (χ1n) is 9.08. The highest BCUT2D eigenvalue weighted by Crippen LogP contribution is 2.13. The third-order valence-corrected chi connectivity index (χ3v) is 5.27. The second-order valence-corrected chi connectivity index (χ2v) is 7.29. The van der Waals surface area contributed by atoms with Crippen LogP contribution in [0.4, 0.5) is 0 Å². The molecule has 3 heterocycles. The number of H-pyrrole nitrogens is 1. The van der Waals surface area contributed by atoms with Gasteiger partial charge in [-0.3, -0.25) is 19.4 Å². The molecule has 2 aliphatic rings. The quantitative estimate of drug-likeness (QED) is 0.724. The maximum atomic E-state index is 12.7. The lowest BCUT2D eigenvalue weighted by Crippen LogP contribution is -2.46. The Kier molecular flexibility index (Phi) is 6.01. The van der Waals surface area contributed by atoms with Crippen LogP contribution in [0.25, 0.3) is 0 Å². The highest BCUT2D eigenvalue weighted by molar-refractivity contribution is 6.10. The minimum Gasteiger partial charge on any atom is -0.366 e. The number of nitrogens with zero attached hydrogens (tertiary/aromatic N) is 4. The lowest BCUT2D eigenvalue weighted by molar-refractivity contribution is 0.0845. The first-order valence-corrected chi connectivity index (χ1v) is 9.08. The van der Waals surface area contributed by atoms with Gasteiger partial charge in [0.2, 0.25) is 0 Å². The normalized spacial score (nSPS) is 21.5. The van der Waals surface area contributed by atoms with Crippen LogP contribution in [-0.2, 0) is 0 Å². The van der Waals surface area contributed by atoms with Gasteiger partial charge in [0.15, 0.2) is 11.6 Å². The maximum absolute atomic E-state index is 12.7. The van der Waals surface area contributed by atoms with E-state index in [9.17, 15) is 9.59 Å². The third kappa shape index (κ3) is 4.76. The molecule has 0 unspecified atom stereocenters. The van der Waals surface area contributed by atoms with Crippen molar-refractivity contribution >= 4 is 11.6 Å². The Morgan fingerprint density at radius 1 is 0.760 bits per heavy atom. The zero-order valence-electron chi connectivity index (χ0n) is 15.3. The molecule has 0 atom stereocenters. The summed E-state index contributed by atoms with van der Waals surface area (Å²) >= 11 is 0. The number of aromatic amines is 1. The molecule has 0 saturated carbocycles. The average Bonchev–Trinajstić information content (AvgIpc) is 3.09. The number of Topliss-reactive ketones (excluding diaryl/α,β-unsaturated/α-hetero) is 2. The van der Waals surface area contributed by atoms with E-state index in [2.05, 4.69) is 38.7 Å². The number of rotatable bonds is 6. The smallest absolute Gasteiger partial charge is 0.179 e. The average molecular weight is 347 g/mol. The van der Waals surface area contributed by atoms with Crippen molar-refractivity contribution < 1.29 is 9.59 Å². The summed E-state index contributed by atoms with van der Waals surface area (Å²) in [5, 5.41) is 0. The van der Waals surface area contributed by atoms with Crippen LogP contribution < -0.4 is 0 Å². The van der Waals surface area contributed by atoms with E-state index in [1.807, 2.05) is 0 Å². The molecule has 2 aliphatic heterocycles. The Bertz CT molecular complexity index is 548. The number of hydrogen-bond donors (Lipinski definition) is 1. The van der Waals surface area contributed by atoms with E-state index in [1.54, 1.807) is 12.4 Å². The van der Waals surface area contributed by atoms with E-state index >= 15 is 0 Å². The Hall–Kier alpha value is -1.54. The van der Waals surface area contributed by atoms with E-state index in [1.165, 1.54) is 0 Å². The molecule has 7 heteroatoms. The number of carbonyl (C=O) groups is 2. The van der Waals surface area contributed by atoms with Crippen LogP contribution in [0.1, 0.15) is 20.7 Å². The molecule has 0 spiro atoms. The molecule has 2 fully saturated rings. The van der Waals surface area contributed by atoms with Gasteiger partial charge in [0, 0.05) is 75.9 Å². The standard InChI is InChI=1S/C18H29N5O2/c1-20-3-7-22(8-4-20)13-17(24)15-11-19-12-16(15)18(25)14-23-9-5-21(2)6-10-23/h11-12,19H,3-10,13-14H2,1-2H3. The van der Waals surface area contributed by atoms with Gasteiger partial charge in [-0.05, 0) is 14.1 Å². The summed E-state index contributed by atoms with van der Waals surface area (Å²) in [5.74, 6) is 0.0695. The summed E-state index contributed by atoms with van der Waals surface area (Å²) < 4.78 is 0. The fourth-order valence-electron chi connectivity index (χ4n) is 3.41. The molecule has 1 aromatic rings. The molecular formula is C18H29N5O2. The van der Waals surface area contributed by atoms with Crippen molar-refractivity contribution in [1.29, 1.82) is 0 Å². The fraction of sp³-hybridized carbons (Fsp3) is 0.667. The van der Waals surface area contributed by atoms with Gasteiger partial charge in [0.1, 0.15) is 0 Å². The SMILES string of the molecule is CN1CCN(CC(=O)c2c[nH]cc2C(=O)CN2CCN(C)CC2)CC1. The first-order chi connectivity index (χ1) is 12.0. The highest BCUT2D eigenvalue weighted by atomic mass is 16.1. The molecule has 1 N–H and O–H groups in total. The number of aromatic nitrogens is 1. The lowest BCUT2D eigenvalue weighted by Gasteiger charge is -2.32. The van der Waals surface area contributed by atoms with Crippen LogP contribution >= 0.6 is 0 Å². The predicted molar refractivity (Wildman–Crippen MR) is 97.3 cm³/mol. The summed E-state index contributed by atoms with van der Waals surface area (Å²) in [5.41, 5.74) is 1.08. The second kappa shape index (κ2) is 8.23. The Balaban J connectivity index is 1.57. The fourth-order valence-corrected chi connectivity index (χ4v) is 3.41. The molecule has 2 saturated heterocycles. The minimum atomic E-state index is 0.0348. The molecular weight excluding hydrogens is 318 g/mol. The van der Waals surface area contributed by atoms with Crippen molar-refractivity contribution in [3.05, 3.63) is 23.5 Å². The van der Waals surface area contributed by atoms with Gasteiger partial charge >= 0.3 is 0 Å². The van der Waals surface area contributed by atoms with E-state index in [0.29, 0.717) is 24.2 Å². The molecule has 3 rings (SSSR count). The van der Waals surface area contributed by atoms with Crippen molar-refractivity contribution in [3.63, 3.8) is 0 Å².